The molecule has 0 radical (unpaired) electrons. The highest BCUT2D eigenvalue weighted by Gasteiger charge is 2.30. The fraction of sp³-hybridized carbons (Fsp3) is 0.0870. The molecular weight excluding hydrogens is 461 g/mol. The molecule has 0 N–H and O–H groups in total. The molecule has 0 aliphatic carbocycles. The Hall–Kier alpha value is -3.10. The number of rotatable bonds is 4. The Bertz CT molecular complexity index is 1360. The van der Waals surface area contributed by atoms with Crippen LogP contribution in [-0.4, -0.2) is 24.5 Å². The Morgan fingerprint density at radius 2 is 1.41 bits per heavy atom. The molecule has 1 aromatic heterocycles. The van der Waals surface area contributed by atoms with Gasteiger partial charge < -0.3 is 0 Å². The average molecular weight is 477 g/mol. The van der Waals surface area contributed by atoms with Crippen molar-refractivity contribution < 1.29 is 21.6 Å². The highest BCUT2D eigenvalue weighted by atomic mass is 35.5. The van der Waals surface area contributed by atoms with E-state index in [0.717, 1.165) is 24.0 Å². The summed E-state index contributed by atoms with van der Waals surface area (Å²) in [6.45, 7) is 0. The van der Waals surface area contributed by atoms with Crippen molar-refractivity contribution in [1.82, 2.24) is 9.78 Å². The van der Waals surface area contributed by atoms with Crippen molar-refractivity contribution in [1.29, 1.82) is 0 Å². The topological polar surface area (TPSA) is 52.0 Å². The van der Waals surface area contributed by atoms with E-state index < -0.39 is 21.6 Å². The van der Waals surface area contributed by atoms with Gasteiger partial charge in [0.25, 0.3) is 0 Å². The standard InChI is InChI=1S/C23H16ClF3N2O2S/c1-32(30,31)20-12-10-19(11-13-20)29-22(16-2-6-17(7-3-16)23(25,26)27)14-21(28-29)15-4-8-18(24)9-5-15/h2-14H,1H3. The van der Waals surface area contributed by atoms with Crippen molar-refractivity contribution in [2.45, 2.75) is 11.1 Å². The van der Waals surface area contributed by atoms with Crippen LogP contribution >= 0.6 is 11.6 Å². The van der Waals surface area contributed by atoms with Crippen molar-refractivity contribution >= 4 is 21.4 Å². The minimum absolute atomic E-state index is 0.155. The number of sulfone groups is 1. The molecule has 0 saturated carbocycles. The van der Waals surface area contributed by atoms with Crippen molar-refractivity contribution in [2.75, 3.05) is 6.26 Å². The molecule has 0 aliphatic heterocycles. The molecule has 0 bridgehead atoms. The van der Waals surface area contributed by atoms with E-state index in [1.54, 1.807) is 47.1 Å². The van der Waals surface area contributed by atoms with Gasteiger partial charge >= 0.3 is 6.18 Å². The van der Waals surface area contributed by atoms with E-state index in [0.29, 0.717) is 27.7 Å². The first-order valence-electron chi connectivity index (χ1n) is 9.36. The lowest BCUT2D eigenvalue weighted by atomic mass is 10.1. The van der Waals surface area contributed by atoms with Gasteiger partial charge in [0.05, 0.1) is 27.5 Å². The molecule has 9 heteroatoms. The van der Waals surface area contributed by atoms with E-state index in [4.69, 9.17) is 11.6 Å². The second kappa shape index (κ2) is 8.11. The molecule has 0 unspecified atom stereocenters. The van der Waals surface area contributed by atoms with Crippen molar-refractivity contribution in [2.24, 2.45) is 0 Å². The van der Waals surface area contributed by atoms with Gasteiger partial charge in [-0.15, -0.1) is 0 Å². The monoisotopic (exact) mass is 476 g/mol. The van der Waals surface area contributed by atoms with Crippen LogP contribution in [0.1, 0.15) is 5.56 Å². The van der Waals surface area contributed by atoms with E-state index in [-0.39, 0.29) is 4.90 Å². The lowest BCUT2D eigenvalue weighted by Crippen LogP contribution is -2.05. The first-order valence-corrected chi connectivity index (χ1v) is 11.6. The zero-order valence-corrected chi connectivity index (χ0v) is 18.2. The van der Waals surface area contributed by atoms with Crippen molar-refractivity contribution in [3.8, 4) is 28.2 Å². The van der Waals surface area contributed by atoms with Gasteiger partial charge in [0.2, 0.25) is 0 Å². The largest absolute Gasteiger partial charge is 0.416 e. The van der Waals surface area contributed by atoms with Gasteiger partial charge in [0.15, 0.2) is 9.84 Å². The summed E-state index contributed by atoms with van der Waals surface area (Å²) >= 11 is 5.96. The van der Waals surface area contributed by atoms with Crippen LogP contribution in [0.25, 0.3) is 28.2 Å². The summed E-state index contributed by atoms with van der Waals surface area (Å²) in [5.74, 6) is 0. The highest BCUT2D eigenvalue weighted by molar-refractivity contribution is 7.90. The molecule has 0 fully saturated rings. The van der Waals surface area contributed by atoms with Crippen LogP contribution in [0.3, 0.4) is 0 Å². The molecule has 4 aromatic rings. The van der Waals surface area contributed by atoms with E-state index in [9.17, 15) is 21.6 Å². The Morgan fingerprint density at radius 1 is 0.844 bits per heavy atom. The second-order valence-electron chi connectivity index (χ2n) is 7.17. The Labute approximate surface area is 187 Å². The molecular formula is C23H16ClF3N2O2S. The van der Waals surface area contributed by atoms with Crippen LogP contribution < -0.4 is 0 Å². The summed E-state index contributed by atoms with van der Waals surface area (Å²) in [4.78, 5) is 0.155. The van der Waals surface area contributed by atoms with Crippen LogP contribution in [0, 0.1) is 0 Å². The van der Waals surface area contributed by atoms with Crippen LogP contribution in [0.15, 0.2) is 83.8 Å². The number of hydrogen-bond donors (Lipinski definition) is 0. The summed E-state index contributed by atoms with van der Waals surface area (Å²) in [5.41, 5.74) is 2.25. The molecule has 0 aliphatic rings. The maximum Gasteiger partial charge on any atom is 0.416 e. The van der Waals surface area contributed by atoms with Gasteiger partial charge in [-0.3, -0.25) is 0 Å². The Kier molecular flexibility index (Phi) is 5.60. The van der Waals surface area contributed by atoms with Gasteiger partial charge in [0, 0.05) is 22.4 Å². The number of nitrogens with zero attached hydrogens (tertiary/aromatic N) is 2. The van der Waals surface area contributed by atoms with Crippen molar-refractivity contribution in [3.05, 3.63) is 89.4 Å². The maximum absolute atomic E-state index is 13.0. The van der Waals surface area contributed by atoms with Crippen LogP contribution in [0.2, 0.25) is 5.02 Å². The Balaban J connectivity index is 1.85. The summed E-state index contributed by atoms with van der Waals surface area (Å²) in [5, 5.41) is 5.18. The predicted molar refractivity (Wildman–Crippen MR) is 118 cm³/mol. The lowest BCUT2D eigenvalue weighted by Gasteiger charge is -2.10. The Morgan fingerprint density at radius 3 is 1.94 bits per heavy atom. The third kappa shape index (κ3) is 4.56. The van der Waals surface area contributed by atoms with E-state index in [2.05, 4.69) is 5.10 Å². The summed E-state index contributed by atoms with van der Waals surface area (Å²) < 4.78 is 64.1. The molecule has 0 spiro atoms. The summed E-state index contributed by atoms with van der Waals surface area (Å²) in [6, 6.07) is 19.7. The minimum Gasteiger partial charge on any atom is -0.232 e. The first kappa shape index (κ1) is 22.1. The van der Waals surface area contributed by atoms with E-state index >= 15 is 0 Å². The third-order valence-electron chi connectivity index (χ3n) is 4.87. The van der Waals surface area contributed by atoms with Crippen LogP contribution in [-0.2, 0) is 16.0 Å². The second-order valence-corrected chi connectivity index (χ2v) is 9.63. The van der Waals surface area contributed by atoms with Gasteiger partial charge in [-0.2, -0.15) is 18.3 Å². The smallest absolute Gasteiger partial charge is 0.232 e. The van der Waals surface area contributed by atoms with Gasteiger partial charge in [0.1, 0.15) is 0 Å². The van der Waals surface area contributed by atoms with Gasteiger partial charge in [-0.1, -0.05) is 35.9 Å². The molecule has 4 nitrogen and oxygen atoms in total. The third-order valence-corrected chi connectivity index (χ3v) is 6.25. The maximum atomic E-state index is 13.0. The minimum atomic E-state index is -4.44. The number of hydrogen-bond acceptors (Lipinski definition) is 3. The van der Waals surface area contributed by atoms with Gasteiger partial charge in [-0.05, 0) is 54.6 Å². The molecule has 0 amide bonds. The fourth-order valence-electron chi connectivity index (χ4n) is 3.21. The van der Waals surface area contributed by atoms with Crippen molar-refractivity contribution in [3.63, 3.8) is 0 Å². The number of aromatic nitrogens is 2. The van der Waals surface area contributed by atoms with Crippen LogP contribution in [0.4, 0.5) is 13.2 Å². The molecule has 4 rings (SSSR count). The summed E-state index contributed by atoms with van der Waals surface area (Å²) in [7, 11) is -3.37. The number of halogens is 4. The lowest BCUT2D eigenvalue weighted by molar-refractivity contribution is -0.137. The molecule has 164 valence electrons. The first-order chi connectivity index (χ1) is 15.0. The molecule has 0 saturated heterocycles. The van der Waals surface area contributed by atoms with Gasteiger partial charge in [-0.25, -0.2) is 13.1 Å². The quantitative estimate of drug-likeness (QED) is 0.348. The van der Waals surface area contributed by atoms with E-state index in [1.807, 2.05) is 0 Å². The molecule has 3 aromatic carbocycles. The summed E-state index contributed by atoms with van der Waals surface area (Å²) in [6.07, 6.45) is -3.32. The highest BCUT2D eigenvalue weighted by Crippen LogP contribution is 2.33. The predicted octanol–water partition coefficient (Wildman–Crippen LogP) is 6.28. The fourth-order valence-corrected chi connectivity index (χ4v) is 3.97. The number of benzene rings is 3. The molecule has 1 heterocycles. The zero-order chi connectivity index (χ0) is 23.1. The normalized spacial score (nSPS) is 12.2. The zero-order valence-electron chi connectivity index (χ0n) is 16.6. The van der Waals surface area contributed by atoms with E-state index in [1.165, 1.54) is 24.3 Å². The van der Waals surface area contributed by atoms with Crippen LogP contribution in [0.5, 0.6) is 0 Å². The average Bonchev–Trinajstić information content (AvgIpc) is 3.19. The number of alkyl halides is 3. The molecule has 0 atom stereocenters. The SMILES string of the molecule is CS(=O)(=O)c1ccc(-n2nc(-c3ccc(Cl)cc3)cc2-c2ccc(C(F)(F)F)cc2)cc1. The molecule has 32 heavy (non-hydrogen) atoms.